The van der Waals surface area contributed by atoms with Crippen molar-refractivity contribution in [3.63, 3.8) is 0 Å². The van der Waals surface area contributed by atoms with Crippen molar-refractivity contribution in [2.24, 2.45) is 5.73 Å². The second-order valence-electron chi connectivity index (χ2n) is 5.45. The summed E-state index contributed by atoms with van der Waals surface area (Å²) in [6.07, 6.45) is 0.0901. The van der Waals surface area contributed by atoms with E-state index in [1.54, 1.807) is 0 Å². The number of rotatable bonds is 7. The molecule has 7 nitrogen and oxygen atoms in total. The molecule has 8 heteroatoms. The molecule has 0 fully saturated rings. The lowest BCUT2D eigenvalue weighted by molar-refractivity contribution is -0.384. The number of carbonyl (C=O) groups is 2. The Balaban J connectivity index is 2.00. The Hall–Kier alpha value is -3.29. The van der Waals surface area contributed by atoms with Crippen molar-refractivity contribution >= 4 is 17.5 Å². The maximum absolute atomic E-state index is 12.9. The summed E-state index contributed by atoms with van der Waals surface area (Å²) in [5, 5.41) is 13.2. The van der Waals surface area contributed by atoms with Crippen LogP contribution in [0.3, 0.4) is 0 Å². The van der Waals surface area contributed by atoms with Gasteiger partial charge in [0.1, 0.15) is 11.9 Å². The van der Waals surface area contributed by atoms with Gasteiger partial charge in [-0.15, -0.1) is 0 Å². The molecule has 0 heterocycles. The topological polar surface area (TPSA) is 115 Å². The second kappa shape index (κ2) is 8.00. The van der Waals surface area contributed by atoms with Gasteiger partial charge in [0, 0.05) is 18.6 Å². The van der Waals surface area contributed by atoms with Gasteiger partial charge in [-0.25, -0.2) is 4.39 Å². The molecule has 0 bridgehead atoms. The predicted octanol–water partition coefficient (Wildman–Crippen LogP) is 1.49. The fourth-order valence-corrected chi connectivity index (χ4v) is 2.25. The monoisotopic (exact) mass is 345 g/mol. The van der Waals surface area contributed by atoms with Gasteiger partial charge in [-0.1, -0.05) is 24.3 Å². The molecule has 0 saturated heterocycles. The zero-order chi connectivity index (χ0) is 18.4. The van der Waals surface area contributed by atoms with E-state index < -0.39 is 28.6 Å². The van der Waals surface area contributed by atoms with Gasteiger partial charge in [0.15, 0.2) is 0 Å². The average molecular weight is 345 g/mol. The van der Waals surface area contributed by atoms with Gasteiger partial charge in [0.2, 0.25) is 11.8 Å². The van der Waals surface area contributed by atoms with E-state index in [2.05, 4.69) is 5.32 Å². The Morgan fingerprint density at radius 3 is 2.16 bits per heavy atom. The fourth-order valence-electron chi connectivity index (χ4n) is 2.25. The Kier molecular flexibility index (Phi) is 5.78. The molecule has 0 aliphatic heterocycles. The predicted molar refractivity (Wildman–Crippen MR) is 88.0 cm³/mol. The van der Waals surface area contributed by atoms with Gasteiger partial charge in [-0.2, -0.15) is 0 Å². The summed E-state index contributed by atoms with van der Waals surface area (Å²) in [4.78, 5) is 33.7. The molecule has 0 unspecified atom stereocenters. The number of hydrogen-bond donors (Lipinski definition) is 2. The van der Waals surface area contributed by atoms with E-state index in [0.29, 0.717) is 11.1 Å². The molecule has 2 aromatic carbocycles. The molecule has 0 aliphatic carbocycles. The summed E-state index contributed by atoms with van der Waals surface area (Å²) in [6.45, 7) is 0. The van der Waals surface area contributed by atoms with Gasteiger partial charge in [-0.3, -0.25) is 19.7 Å². The first-order valence-electron chi connectivity index (χ1n) is 7.41. The van der Waals surface area contributed by atoms with Crippen LogP contribution < -0.4 is 11.1 Å². The van der Waals surface area contributed by atoms with Crippen LogP contribution >= 0.6 is 0 Å². The smallest absolute Gasteiger partial charge is 0.269 e. The molecule has 2 aromatic rings. The first-order chi connectivity index (χ1) is 11.8. The number of nitrogens with one attached hydrogen (secondary N) is 1. The quantitative estimate of drug-likeness (QED) is 0.584. The normalized spacial score (nSPS) is 11.6. The zero-order valence-corrected chi connectivity index (χ0v) is 13.1. The molecule has 0 aromatic heterocycles. The molecule has 3 N–H and O–H groups in total. The van der Waals surface area contributed by atoms with Crippen LogP contribution in [0.1, 0.15) is 11.1 Å². The highest BCUT2D eigenvalue weighted by molar-refractivity contribution is 5.87. The Morgan fingerprint density at radius 1 is 1.08 bits per heavy atom. The Morgan fingerprint density at radius 2 is 1.64 bits per heavy atom. The van der Waals surface area contributed by atoms with Crippen LogP contribution in [0.25, 0.3) is 0 Å². The van der Waals surface area contributed by atoms with Crippen molar-refractivity contribution in [1.29, 1.82) is 0 Å². The standard InChI is InChI=1S/C17H16FN3O4/c18-13-5-1-12(2-6-13)10-16(22)20-15(17(19)23)9-11-3-7-14(8-4-11)21(24)25/h1-8,15H,9-10H2,(H2,19,23)(H,20,22)/t15-/m0/s1. The maximum atomic E-state index is 12.9. The van der Waals surface area contributed by atoms with Crippen LogP contribution in [-0.4, -0.2) is 22.8 Å². The van der Waals surface area contributed by atoms with Crippen LogP contribution in [-0.2, 0) is 22.4 Å². The van der Waals surface area contributed by atoms with Gasteiger partial charge in [-0.05, 0) is 23.3 Å². The van der Waals surface area contributed by atoms with Crippen LogP contribution in [0.5, 0.6) is 0 Å². The lowest BCUT2D eigenvalue weighted by Crippen LogP contribution is -2.46. The van der Waals surface area contributed by atoms with E-state index in [9.17, 15) is 24.1 Å². The van der Waals surface area contributed by atoms with Crippen molar-refractivity contribution in [2.45, 2.75) is 18.9 Å². The van der Waals surface area contributed by atoms with E-state index >= 15 is 0 Å². The molecule has 0 saturated carbocycles. The SMILES string of the molecule is NC(=O)[C@H](Cc1ccc([N+](=O)[O-])cc1)NC(=O)Cc1ccc(F)cc1. The molecule has 2 rings (SSSR count). The van der Waals surface area contributed by atoms with Gasteiger partial charge in [0.05, 0.1) is 11.3 Å². The molecule has 130 valence electrons. The summed E-state index contributed by atoms with van der Waals surface area (Å²) in [5.74, 6) is -1.56. The fraction of sp³-hybridized carbons (Fsp3) is 0.176. The second-order valence-corrected chi connectivity index (χ2v) is 5.45. The molecule has 2 amide bonds. The molecule has 1 atom stereocenters. The van der Waals surface area contributed by atoms with Crippen molar-refractivity contribution < 1.29 is 18.9 Å². The van der Waals surface area contributed by atoms with E-state index in [-0.39, 0.29) is 18.5 Å². The van der Waals surface area contributed by atoms with Crippen LogP contribution in [0.2, 0.25) is 0 Å². The largest absolute Gasteiger partial charge is 0.368 e. The van der Waals surface area contributed by atoms with Crippen molar-refractivity contribution in [3.8, 4) is 0 Å². The zero-order valence-electron chi connectivity index (χ0n) is 13.1. The number of nitro groups is 1. The summed E-state index contributed by atoms with van der Waals surface area (Å²) in [5.41, 5.74) is 6.46. The Bertz CT molecular complexity index is 775. The number of benzene rings is 2. The van der Waals surface area contributed by atoms with E-state index in [4.69, 9.17) is 5.73 Å². The lowest BCUT2D eigenvalue weighted by Gasteiger charge is -2.15. The minimum absolute atomic E-state index is 0.0235. The highest BCUT2D eigenvalue weighted by Gasteiger charge is 2.19. The van der Waals surface area contributed by atoms with Crippen molar-refractivity contribution in [3.05, 3.63) is 75.6 Å². The van der Waals surface area contributed by atoms with E-state index in [1.807, 2.05) is 0 Å². The first-order valence-corrected chi connectivity index (χ1v) is 7.41. The number of non-ortho nitro benzene ring substituents is 1. The van der Waals surface area contributed by atoms with Gasteiger partial charge in [0.25, 0.3) is 5.69 Å². The van der Waals surface area contributed by atoms with E-state index in [1.165, 1.54) is 48.5 Å². The number of hydrogen-bond acceptors (Lipinski definition) is 4. The summed E-state index contributed by atoms with van der Waals surface area (Å²) in [7, 11) is 0. The Labute approximate surface area is 142 Å². The highest BCUT2D eigenvalue weighted by atomic mass is 19.1. The number of primary amides is 1. The molecule has 25 heavy (non-hydrogen) atoms. The third-order valence-electron chi connectivity index (χ3n) is 3.54. The average Bonchev–Trinajstić information content (AvgIpc) is 2.56. The number of nitrogens with two attached hydrogens (primary N) is 1. The minimum atomic E-state index is -0.950. The van der Waals surface area contributed by atoms with Crippen LogP contribution in [0, 0.1) is 15.9 Å². The van der Waals surface area contributed by atoms with Gasteiger partial charge >= 0.3 is 0 Å². The maximum Gasteiger partial charge on any atom is 0.269 e. The molecular weight excluding hydrogens is 329 g/mol. The van der Waals surface area contributed by atoms with Crippen LogP contribution in [0.4, 0.5) is 10.1 Å². The molecule has 0 aliphatic rings. The third kappa shape index (κ3) is 5.38. The number of carbonyl (C=O) groups excluding carboxylic acids is 2. The number of nitro benzene ring substituents is 1. The number of amides is 2. The van der Waals surface area contributed by atoms with Gasteiger partial charge < -0.3 is 11.1 Å². The third-order valence-corrected chi connectivity index (χ3v) is 3.54. The van der Waals surface area contributed by atoms with E-state index in [0.717, 1.165) is 0 Å². The summed E-state index contributed by atoms with van der Waals surface area (Å²) < 4.78 is 12.9. The summed E-state index contributed by atoms with van der Waals surface area (Å²) >= 11 is 0. The van der Waals surface area contributed by atoms with Crippen molar-refractivity contribution in [1.82, 2.24) is 5.32 Å². The number of halogens is 1. The highest BCUT2D eigenvalue weighted by Crippen LogP contribution is 2.13. The lowest BCUT2D eigenvalue weighted by atomic mass is 10.0. The molecular formula is C17H16FN3O4. The molecule has 0 radical (unpaired) electrons. The summed E-state index contributed by atoms with van der Waals surface area (Å²) in [6, 6.07) is 10.1. The first kappa shape index (κ1) is 18.1. The van der Waals surface area contributed by atoms with Crippen LogP contribution in [0.15, 0.2) is 48.5 Å². The molecule has 0 spiro atoms. The number of nitrogens with zero attached hydrogens (tertiary/aromatic N) is 1. The van der Waals surface area contributed by atoms with Crippen molar-refractivity contribution in [2.75, 3.05) is 0 Å². The minimum Gasteiger partial charge on any atom is -0.368 e.